The van der Waals surface area contributed by atoms with Crippen molar-refractivity contribution >= 4 is 41.3 Å². The van der Waals surface area contributed by atoms with Gasteiger partial charge >= 0.3 is 6.61 Å². The monoisotopic (exact) mass is 482 g/mol. The van der Waals surface area contributed by atoms with E-state index in [1.165, 1.54) is 12.1 Å². The molecule has 1 aromatic carbocycles. The number of nitrogens with zero attached hydrogens (tertiary/aromatic N) is 3. The molecule has 2 aromatic rings. The summed E-state index contributed by atoms with van der Waals surface area (Å²) in [7, 11) is 3.63. The van der Waals surface area contributed by atoms with E-state index in [1.54, 1.807) is 30.5 Å². The molecule has 0 aliphatic rings. The third-order valence-corrected chi connectivity index (χ3v) is 4.14. The van der Waals surface area contributed by atoms with E-state index >= 15 is 0 Å². The number of hydrogen-bond donors (Lipinski definition) is 1. The lowest BCUT2D eigenvalue weighted by Gasteiger charge is -2.22. The second-order valence-corrected chi connectivity index (χ2v) is 6.44. The third kappa shape index (κ3) is 7.10. The van der Waals surface area contributed by atoms with Gasteiger partial charge in [-0.05, 0) is 24.6 Å². The van der Waals surface area contributed by atoms with Gasteiger partial charge in [-0.2, -0.15) is 8.78 Å². The largest absolute Gasteiger partial charge is 0.435 e. The molecule has 2 rings (SSSR count). The SMILES string of the molecule is CN=C(NCc1cnc(C)s1)N(C)Cc1ccc(OC(F)F)cc1.I. The molecular weight excluding hydrogens is 461 g/mol. The van der Waals surface area contributed by atoms with Gasteiger partial charge in [0, 0.05) is 31.7 Å². The second kappa shape index (κ2) is 10.5. The van der Waals surface area contributed by atoms with Crippen molar-refractivity contribution in [3.05, 3.63) is 45.9 Å². The van der Waals surface area contributed by atoms with Gasteiger partial charge in [0.15, 0.2) is 5.96 Å². The van der Waals surface area contributed by atoms with Crippen LogP contribution >= 0.6 is 35.3 Å². The summed E-state index contributed by atoms with van der Waals surface area (Å²) in [6.45, 7) is 0.410. The molecule has 0 radical (unpaired) electrons. The van der Waals surface area contributed by atoms with Gasteiger partial charge in [-0.3, -0.25) is 4.99 Å². The average Bonchev–Trinajstić information content (AvgIpc) is 2.95. The number of aliphatic imine (C=N–C) groups is 1. The van der Waals surface area contributed by atoms with Gasteiger partial charge < -0.3 is 15.0 Å². The van der Waals surface area contributed by atoms with Crippen molar-refractivity contribution < 1.29 is 13.5 Å². The molecule has 0 unspecified atom stereocenters. The number of alkyl halides is 2. The Morgan fingerprint density at radius 3 is 2.56 bits per heavy atom. The molecule has 0 fully saturated rings. The van der Waals surface area contributed by atoms with E-state index in [0.717, 1.165) is 21.4 Å². The lowest BCUT2D eigenvalue weighted by molar-refractivity contribution is -0.0498. The van der Waals surface area contributed by atoms with E-state index < -0.39 is 6.61 Å². The lowest BCUT2D eigenvalue weighted by atomic mass is 10.2. The minimum atomic E-state index is -2.81. The highest BCUT2D eigenvalue weighted by Gasteiger charge is 2.09. The van der Waals surface area contributed by atoms with Gasteiger partial charge in [-0.15, -0.1) is 35.3 Å². The number of hydrogen-bond acceptors (Lipinski definition) is 4. The Kier molecular flexibility index (Phi) is 9.04. The topological polar surface area (TPSA) is 49.8 Å². The number of guanidine groups is 1. The summed E-state index contributed by atoms with van der Waals surface area (Å²) < 4.78 is 28.6. The summed E-state index contributed by atoms with van der Waals surface area (Å²) in [6.07, 6.45) is 1.85. The van der Waals surface area contributed by atoms with Gasteiger partial charge in [0.2, 0.25) is 0 Å². The Hall–Kier alpha value is -1.49. The fraction of sp³-hybridized carbons (Fsp3) is 0.375. The van der Waals surface area contributed by atoms with Crippen LogP contribution in [0.5, 0.6) is 5.75 Å². The predicted octanol–water partition coefficient (Wildman–Crippen LogP) is 3.88. The summed E-state index contributed by atoms with van der Waals surface area (Å²) in [5, 5.41) is 4.31. The van der Waals surface area contributed by atoms with Crippen LogP contribution in [0.15, 0.2) is 35.5 Å². The molecule has 0 amide bonds. The smallest absolute Gasteiger partial charge is 0.387 e. The van der Waals surface area contributed by atoms with E-state index in [-0.39, 0.29) is 29.7 Å². The molecule has 138 valence electrons. The quantitative estimate of drug-likeness (QED) is 0.386. The van der Waals surface area contributed by atoms with Crippen LogP contribution in [0.4, 0.5) is 8.78 Å². The lowest BCUT2D eigenvalue weighted by Crippen LogP contribution is -2.37. The summed E-state index contributed by atoms with van der Waals surface area (Å²) in [5.74, 6) is 0.897. The highest BCUT2D eigenvalue weighted by Crippen LogP contribution is 2.16. The van der Waals surface area contributed by atoms with Crippen LogP contribution < -0.4 is 10.1 Å². The fourth-order valence-electron chi connectivity index (χ4n) is 2.16. The fourth-order valence-corrected chi connectivity index (χ4v) is 2.90. The Morgan fingerprint density at radius 2 is 2.04 bits per heavy atom. The van der Waals surface area contributed by atoms with Crippen LogP contribution in [0.25, 0.3) is 0 Å². The van der Waals surface area contributed by atoms with E-state index in [2.05, 4.69) is 20.0 Å². The number of rotatable bonds is 6. The van der Waals surface area contributed by atoms with Gasteiger partial charge in [0.25, 0.3) is 0 Å². The maximum Gasteiger partial charge on any atom is 0.387 e. The zero-order valence-corrected chi connectivity index (χ0v) is 17.3. The first-order chi connectivity index (χ1) is 11.5. The maximum absolute atomic E-state index is 12.2. The molecule has 0 atom stereocenters. The number of aromatic nitrogens is 1. The number of benzene rings is 1. The van der Waals surface area contributed by atoms with Crippen molar-refractivity contribution in [2.45, 2.75) is 26.6 Å². The minimum absolute atomic E-state index is 0. The van der Waals surface area contributed by atoms with Crippen molar-refractivity contribution in [1.82, 2.24) is 15.2 Å². The molecule has 5 nitrogen and oxygen atoms in total. The summed E-state index contributed by atoms with van der Waals surface area (Å²) >= 11 is 1.64. The standard InChI is InChI=1S/C16H20F2N4OS.HI/c1-11-20-8-14(24-11)9-21-16(19-2)22(3)10-12-4-6-13(7-5-12)23-15(17)18;/h4-8,15H,9-10H2,1-3H3,(H,19,21);1H. The predicted molar refractivity (Wildman–Crippen MR) is 107 cm³/mol. The average molecular weight is 482 g/mol. The van der Waals surface area contributed by atoms with Crippen molar-refractivity contribution in [2.75, 3.05) is 14.1 Å². The first-order valence-electron chi connectivity index (χ1n) is 7.34. The van der Waals surface area contributed by atoms with Crippen molar-refractivity contribution in [2.24, 2.45) is 4.99 Å². The summed E-state index contributed by atoms with van der Waals surface area (Å²) in [6, 6.07) is 6.58. The molecule has 0 bridgehead atoms. The van der Waals surface area contributed by atoms with Crippen LogP contribution in [-0.2, 0) is 13.1 Å². The molecular formula is C16H21F2IN4OS. The molecule has 1 aromatic heterocycles. The zero-order chi connectivity index (χ0) is 17.5. The van der Waals surface area contributed by atoms with Crippen molar-refractivity contribution in [3.8, 4) is 5.75 Å². The summed E-state index contributed by atoms with van der Waals surface area (Å²) in [5.41, 5.74) is 0.968. The Morgan fingerprint density at radius 1 is 1.36 bits per heavy atom. The Labute approximate surface area is 167 Å². The molecule has 0 saturated heterocycles. The highest BCUT2D eigenvalue weighted by atomic mass is 127. The van der Waals surface area contributed by atoms with Gasteiger partial charge in [-0.25, -0.2) is 4.98 Å². The number of nitrogens with one attached hydrogen (secondary N) is 1. The molecule has 9 heteroatoms. The molecule has 25 heavy (non-hydrogen) atoms. The number of halogens is 3. The number of thiazole rings is 1. The van der Waals surface area contributed by atoms with Gasteiger partial charge in [0.05, 0.1) is 11.6 Å². The van der Waals surface area contributed by atoms with Gasteiger partial charge in [-0.1, -0.05) is 12.1 Å². The Bertz CT molecular complexity index is 679. The normalized spacial score (nSPS) is 11.2. The van der Waals surface area contributed by atoms with E-state index in [9.17, 15) is 8.78 Å². The van der Waals surface area contributed by atoms with Crippen molar-refractivity contribution in [3.63, 3.8) is 0 Å². The van der Waals surface area contributed by atoms with Crippen molar-refractivity contribution in [1.29, 1.82) is 0 Å². The molecule has 1 N–H and O–H groups in total. The van der Waals surface area contributed by atoms with Gasteiger partial charge in [0.1, 0.15) is 5.75 Å². The summed E-state index contributed by atoms with van der Waals surface area (Å²) in [4.78, 5) is 11.6. The van der Waals surface area contributed by atoms with E-state index in [0.29, 0.717) is 13.1 Å². The minimum Gasteiger partial charge on any atom is -0.435 e. The molecule has 0 aliphatic carbocycles. The van der Waals surface area contributed by atoms with Crippen LogP contribution in [0.1, 0.15) is 15.4 Å². The highest BCUT2D eigenvalue weighted by molar-refractivity contribution is 14.0. The number of aryl methyl sites for hydroxylation is 1. The maximum atomic E-state index is 12.2. The second-order valence-electron chi connectivity index (χ2n) is 5.12. The van der Waals surface area contributed by atoms with Crippen LogP contribution in [0.2, 0.25) is 0 Å². The third-order valence-electron chi connectivity index (χ3n) is 3.23. The van der Waals surface area contributed by atoms with E-state index in [4.69, 9.17) is 0 Å². The van der Waals surface area contributed by atoms with E-state index in [1.807, 2.05) is 25.1 Å². The van der Waals surface area contributed by atoms with Crippen LogP contribution in [0, 0.1) is 6.92 Å². The van der Waals surface area contributed by atoms with Crippen LogP contribution in [0.3, 0.4) is 0 Å². The molecule has 0 spiro atoms. The molecule has 0 aliphatic heterocycles. The first kappa shape index (κ1) is 21.6. The van der Waals surface area contributed by atoms with Crippen LogP contribution in [-0.4, -0.2) is 36.6 Å². The number of ether oxygens (including phenoxy) is 1. The Balaban J connectivity index is 0.00000312. The molecule has 1 heterocycles. The molecule has 0 saturated carbocycles. The zero-order valence-electron chi connectivity index (χ0n) is 14.2. The first-order valence-corrected chi connectivity index (χ1v) is 8.16.